The van der Waals surface area contributed by atoms with Crippen LogP contribution in [-0.2, 0) is 4.74 Å². The SMILES string of the molecule is NC1CCOCC1c1nc(C2CCCS2)no1. The summed E-state index contributed by atoms with van der Waals surface area (Å²) >= 11 is 1.91. The van der Waals surface area contributed by atoms with Crippen LogP contribution in [0.5, 0.6) is 0 Å². The first-order chi connectivity index (χ1) is 8.34. The molecule has 17 heavy (non-hydrogen) atoms. The number of nitrogens with two attached hydrogens (primary N) is 1. The van der Waals surface area contributed by atoms with Crippen LogP contribution in [0.1, 0.15) is 42.1 Å². The lowest BCUT2D eigenvalue weighted by atomic mass is 9.97. The smallest absolute Gasteiger partial charge is 0.233 e. The first-order valence-electron chi connectivity index (χ1n) is 6.13. The largest absolute Gasteiger partial charge is 0.381 e. The van der Waals surface area contributed by atoms with Gasteiger partial charge in [-0.05, 0) is 25.0 Å². The van der Waals surface area contributed by atoms with E-state index >= 15 is 0 Å². The fraction of sp³-hybridized carbons (Fsp3) is 0.818. The van der Waals surface area contributed by atoms with Crippen LogP contribution in [-0.4, -0.2) is 35.1 Å². The van der Waals surface area contributed by atoms with E-state index in [-0.39, 0.29) is 12.0 Å². The van der Waals surface area contributed by atoms with Gasteiger partial charge < -0.3 is 15.0 Å². The Morgan fingerprint density at radius 3 is 3.06 bits per heavy atom. The molecule has 0 radical (unpaired) electrons. The van der Waals surface area contributed by atoms with Gasteiger partial charge in [-0.1, -0.05) is 5.16 Å². The van der Waals surface area contributed by atoms with Crippen molar-refractivity contribution in [2.75, 3.05) is 19.0 Å². The van der Waals surface area contributed by atoms with Crippen molar-refractivity contribution in [2.45, 2.75) is 36.5 Å². The summed E-state index contributed by atoms with van der Waals surface area (Å²) in [5, 5.41) is 4.50. The molecule has 2 fully saturated rings. The van der Waals surface area contributed by atoms with Gasteiger partial charge in [0.2, 0.25) is 5.89 Å². The predicted molar refractivity (Wildman–Crippen MR) is 64.9 cm³/mol. The summed E-state index contributed by atoms with van der Waals surface area (Å²) in [5.74, 6) is 2.75. The van der Waals surface area contributed by atoms with E-state index in [1.54, 1.807) is 0 Å². The lowest BCUT2D eigenvalue weighted by Gasteiger charge is -2.25. The van der Waals surface area contributed by atoms with E-state index in [9.17, 15) is 0 Å². The van der Waals surface area contributed by atoms with Gasteiger partial charge in [-0.3, -0.25) is 0 Å². The van der Waals surface area contributed by atoms with E-state index in [0.717, 1.165) is 25.3 Å². The van der Waals surface area contributed by atoms with Crippen LogP contribution in [0.15, 0.2) is 4.52 Å². The Balaban J connectivity index is 1.74. The molecule has 2 N–H and O–H groups in total. The summed E-state index contributed by atoms with van der Waals surface area (Å²) in [6.07, 6.45) is 3.25. The van der Waals surface area contributed by atoms with Crippen molar-refractivity contribution in [3.05, 3.63) is 11.7 Å². The number of hydrogen-bond acceptors (Lipinski definition) is 6. The van der Waals surface area contributed by atoms with Crippen LogP contribution < -0.4 is 5.73 Å². The number of ether oxygens (including phenoxy) is 1. The lowest BCUT2D eigenvalue weighted by Crippen LogP contribution is -2.37. The Bertz CT molecular complexity index is 379. The van der Waals surface area contributed by atoms with Crippen molar-refractivity contribution in [3.63, 3.8) is 0 Å². The fourth-order valence-corrected chi connectivity index (χ4v) is 3.51. The van der Waals surface area contributed by atoms with Gasteiger partial charge in [0.25, 0.3) is 0 Å². The van der Waals surface area contributed by atoms with Crippen molar-refractivity contribution < 1.29 is 9.26 Å². The molecule has 3 heterocycles. The number of aromatic nitrogens is 2. The maximum absolute atomic E-state index is 6.06. The van der Waals surface area contributed by atoms with E-state index in [2.05, 4.69) is 10.1 Å². The zero-order valence-corrected chi connectivity index (χ0v) is 10.5. The second-order valence-corrected chi connectivity index (χ2v) is 5.94. The molecule has 0 saturated carbocycles. The van der Waals surface area contributed by atoms with E-state index in [4.69, 9.17) is 15.0 Å². The summed E-state index contributed by atoms with van der Waals surface area (Å²) < 4.78 is 10.8. The topological polar surface area (TPSA) is 74.2 Å². The second kappa shape index (κ2) is 4.96. The zero-order valence-electron chi connectivity index (χ0n) is 9.67. The van der Waals surface area contributed by atoms with E-state index in [0.29, 0.717) is 17.7 Å². The first kappa shape index (κ1) is 11.5. The third-order valence-corrected chi connectivity index (χ3v) is 4.78. The van der Waals surface area contributed by atoms with E-state index < -0.39 is 0 Å². The van der Waals surface area contributed by atoms with Crippen molar-refractivity contribution in [1.29, 1.82) is 0 Å². The van der Waals surface area contributed by atoms with Gasteiger partial charge in [-0.25, -0.2) is 0 Å². The summed E-state index contributed by atoms with van der Waals surface area (Å²) in [5.41, 5.74) is 6.06. The van der Waals surface area contributed by atoms with Crippen LogP contribution in [0.2, 0.25) is 0 Å². The van der Waals surface area contributed by atoms with Crippen LogP contribution >= 0.6 is 11.8 Å². The van der Waals surface area contributed by atoms with Gasteiger partial charge in [-0.2, -0.15) is 16.7 Å². The van der Waals surface area contributed by atoms with E-state index in [1.165, 1.54) is 12.2 Å². The summed E-state index contributed by atoms with van der Waals surface area (Å²) in [6.45, 7) is 1.33. The Hall–Kier alpha value is -0.590. The molecule has 3 atom stereocenters. The molecule has 0 aliphatic carbocycles. The maximum atomic E-state index is 6.06. The summed E-state index contributed by atoms with van der Waals surface area (Å²) in [6, 6.07) is 0.0771. The standard InChI is InChI=1S/C11H17N3O2S/c12-8-3-4-15-6-7(8)11-13-10(14-16-11)9-2-1-5-17-9/h7-9H,1-6,12H2. The minimum Gasteiger partial charge on any atom is -0.381 e. The molecule has 94 valence electrons. The number of rotatable bonds is 2. The molecule has 6 heteroatoms. The van der Waals surface area contributed by atoms with Crippen LogP contribution in [0.25, 0.3) is 0 Å². The molecule has 5 nitrogen and oxygen atoms in total. The number of hydrogen-bond donors (Lipinski definition) is 1. The normalized spacial score (nSPS) is 34.1. The first-order valence-corrected chi connectivity index (χ1v) is 7.18. The molecule has 0 aromatic carbocycles. The van der Waals surface area contributed by atoms with Gasteiger partial charge in [0, 0.05) is 12.6 Å². The van der Waals surface area contributed by atoms with Crippen molar-refractivity contribution >= 4 is 11.8 Å². The highest BCUT2D eigenvalue weighted by atomic mass is 32.2. The highest BCUT2D eigenvalue weighted by molar-refractivity contribution is 7.99. The number of thioether (sulfide) groups is 1. The van der Waals surface area contributed by atoms with Crippen molar-refractivity contribution in [2.24, 2.45) is 5.73 Å². The molecule has 2 aliphatic heterocycles. The zero-order chi connectivity index (χ0) is 11.7. The van der Waals surface area contributed by atoms with Gasteiger partial charge in [0.1, 0.15) is 0 Å². The molecular weight excluding hydrogens is 238 g/mol. The third kappa shape index (κ3) is 2.34. The Morgan fingerprint density at radius 1 is 1.35 bits per heavy atom. The van der Waals surface area contributed by atoms with Crippen LogP contribution in [0, 0.1) is 0 Å². The average molecular weight is 255 g/mol. The lowest BCUT2D eigenvalue weighted by molar-refractivity contribution is 0.0590. The molecule has 0 bridgehead atoms. The molecule has 1 aromatic rings. The Kier molecular flexibility index (Phi) is 3.35. The molecule has 3 unspecified atom stereocenters. The minimum atomic E-state index is 0.0661. The third-order valence-electron chi connectivity index (χ3n) is 3.40. The second-order valence-electron chi connectivity index (χ2n) is 4.63. The predicted octanol–water partition coefficient (Wildman–Crippen LogP) is 1.47. The number of nitrogens with zero attached hydrogens (tertiary/aromatic N) is 2. The molecule has 0 amide bonds. The average Bonchev–Trinajstić information content (AvgIpc) is 3.00. The Labute approximate surface area is 104 Å². The van der Waals surface area contributed by atoms with Crippen molar-refractivity contribution in [1.82, 2.24) is 10.1 Å². The molecule has 2 saturated heterocycles. The quantitative estimate of drug-likeness (QED) is 0.862. The monoisotopic (exact) mass is 255 g/mol. The highest BCUT2D eigenvalue weighted by Crippen LogP contribution is 2.38. The van der Waals surface area contributed by atoms with Crippen LogP contribution in [0.3, 0.4) is 0 Å². The van der Waals surface area contributed by atoms with Crippen LogP contribution in [0.4, 0.5) is 0 Å². The molecular formula is C11H17N3O2S. The van der Waals surface area contributed by atoms with Gasteiger partial charge >= 0.3 is 0 Å². The Morgan fingerprint density at radius 2 is 2.29 bits per heavy atom. The molecule has 0 spiro atoms. The molecule has 1 aromatic heterocycles. The van der Waals surface area contributed by atoms with Gasteiger partial charge in [0.05, 0.1) is 17.8 Å². The molecule has 3 rings (SSSR count). The van der Waals surface area contributed by atoms with E-state index in [1.807, 2.05) is 11.8 Å². The summed E-state index contributed by atoms with van der Waals surface area (Å²) in [4.78, 5) is 4.51. The summed E-state index contributed by atoms with van der Waals surface area (Å²) in [7, 11) is 0. The van der Waals surface area contributed by atoms with Gasteiger partial charge in [0.15, 0.2) is 5.82 Å². The maximum Gasteiger partial charge on any atom is 0.233 e. The molecule has 2 aliphatic rings. The van der Waals surface area contributed by atoms with Gasteiger partial charge in [-0.15, -0.1) is 0 Å². The fourth-order valence-electron chi connectivity index (χ4n) is 2.32. The highest BCUT2D eigenvalue weighted by Gasteiger charge is 2.31. The van der Waals surface area contributed by atoms with Crippen molar-refractivity contribution in [3.8, 4) is 0 Å². The minimum absolute atomic E-state index is 0.0661.